The maximum absolute atomic E-state index is 12.1. The van der Waals surface area contributed by atoms with Gasteiger partial charge in [0.1, 0.15) is 5.82 Å². The third-order valence-corrected chi connectivity index (χ3v) is 8.52. The number of hydrogen-bond acceptors (Lipinski definition) is 11. The summed E-state index contributed by atoms with van der Waals surface area (Å²) in [6.07, 6.45) is 15.0. The summed E-state index contributed by atoms with van der Waals surface area (Å²) in [5, 5.41) is 18.2. The van der Waals surface area contributed by atoms with Gasteiger partial charge >= 0.3 is 0 Å². The van der Waals surface area contributed by atoms with Crippen molar-refractivity contribution in [1.29, 1.82) is 0 Å². The first-order chi connectivity index (χ1) is 18.9. The number of nitrogens with zero attached hydrogens (tertiary/aromatic N) is 6. The van der Waals surface area contributed by atoms with Crippen molar-refractivity contribution in [2.45, 2.75) is 24.2 Å². The van der Waals surface area contributed by atoms with Gasteiger partial charge in [0, 0.05) is 60.9 Å². The maximum atomic E-state index is 12.1. The van der Waals surface area contributed by atoms with Gasteiger partial charge in [-0.05, 0) is 43.0 Å². The van der Waals surface area contributed by atoms with Crippen molar-refractivity contribution in [1.82, 2.24) is 25.7 Å². The number of fused-ring (bicyclic) bond motifs is 5. The highest BCUT2D eigenvalue weighted by atomic mass is 32.2. The zero-order valence-electron chi connectivity index (χ0n) is 21.4. The molecular weight excluding hydrogens is 514 g/mol. The Bertz CT molecular complexity index is 1540. The molecule has 198 valence electrons. The lowest BCUT2D eigenvalue weighted by molar-refractivity contribution is -0.122. The van der Waals surface area contributed by atoms with Crippen LogP contribution in [0.1, 0.15) is 12.5 Å². The van der Waals surface area contributed by atoms with Crippen molar-refractivity contribution in [3.8, 4) is 0 Å². The predicted octanol–water partition coefficient (Wildman–Crippen LogP) is 2.01. The first-order valence-corrected chi connectivity index (χ1v) is 13.6. The lowest BCUT2D eigenvalue weighted by atomic mass is 9.96. The Labute approximate surface area is 229 Å². The molecule has 3 atom stereocenters. The largest absolute Gasteiger partial charge is 0.359 e. The average molecular weight is 542 g/mol. The molecule has 1 saturated heterocycles. The van der Waals surface area contributed by atoms with Gasteiger partial charge in [-0.2, -0.15) is 0 Å². The number of rotatable bonds is 5. The second kappa shape index (κ2) is 9.04. The molecule has 0 aromatic carbocycles. The van der Waals surface area contributed by atoms with Gasteiger partial charge in [0.2, 0.25) is 5.91 Å². The number of thioether (sulfide) groups is 1. The molecule has 1 aromatic rings. The van der Waals surface area contributed by atoms with E-state index >= 15 is 0 Å². The summed E-state index contributed by atoms with van der Waals surface area (Å²) in [6, 6.07) is -0.361. The zero-order valence-corrected chi connectivity index (χ0v) is 22.2. The molecule has 0 bridgehead atoms. The van der Waals surface area contributed by atoms with Gasteiger partial charge in [-0.15, -0.1) is 0 Å². The summed E-state index contributed by atoms with van der Waals surface area (Å²) in [4.78, 5) is 34.4. The zero-order chi connectivity index (χ0) is 26.8. The number of dihydropyridines is 1. The van der Waals surface area contributed by atoms with Crippen LogP contribution in [0.2, 0.25) is 0 Å². The van der Waals surface area contributed by atoms with E-state index in [0.717, 1.165) is 57.1 Å². The van der Waals surface area contributed by atoms with E-state index in [1.807, 2.05) is 36.6 Å². The Hall–Kier alpha value is -4.00. The normalized spacial score (nSPS) is 27.3. The number of aliphatic imine (C=N–C) groups is 2. The van der Waals surface area contributed by atoms with Crippen molar-refractivity contribution in [2.75, 3.05) is 25.0 Å². The van der Waals surface area contributed by atoms with Crippen LogP contribution in [0.3, 0.4) is 0 Å². The lowest BCUT2D eigenvalue weighted by Crippen LogP contribution is -2.42. The monoisotopic (exact) mass is 541 g/mol. The van der Waals surface area contributed by atoms with Crippen LogP contribution in [0.25, 0.3) is 5.57 Å². The maximum Gasteiger partial charge on any atom is 0.236 e. The second-order valence-corrected chi connectivity index (χ2v) is 11.2. The molecule has 12 heteroatoms. The fourth-order valence-electron chi connectivity index (χ4n) is 5.63. The molecule has 1 aromatic heterocycles. The Balaban J connectivity index is 1.20. The van der Waals surface area contributed by atoms with E-state index in [4.69, 9.17) is 20.7 Å². The fourth-order valence-corrected chi connectivity index (χ4v) is 6.39. The van der Waals surface area contributed by atoms with Gasteiger partial charge in [0.15, 0.2) is 11.0 Å². The van der Waals surface area contributed by atoms with Gasteiger partial charge < -0.3 is 21.3 Å². The van der Waals surface area contributed by atoms with Gasteiger partial charge in [-0.1, -0.05) is 12.2 Å². The van der Waals surface area contributed by atoms with Gasteiger partial charge in [0.25, 0.3) is 0 Å². The standard InChI is InChI=1S/C27H27N9O2S/c1-13(28)26(37)32-22-16-11-35(12-17(16)22)25-21-15-5-3-6-19(29-2)23(15)31-24(21)33-27(34-25)39-14-9-20-18(30-10-14)7-4-8-36(20)38/h3-10,13,16-17,22,30,38H,11-12,28H2,1-2H3,(H,32,37)/t13-,16?,17?,22?/m1/s1. The quantitative estimate of drug-likeness (QED) is 0.325. The molecule has 1 saturated carbocycles. The van der Waals surface area contributed by atoms with Gasteiger partial charge in [0.05, 0.1) is 34.4 Å². The number of aromatic nitrogens is 2. The minimum absolute atomic E-state index is 0.109. The van der Waals surface area contributed by atoms with Gasteiger partial charge in [-0.3, -0.25) is 15.0 Å². The number of hydroxylamine groups is 2. The SMILES string of the molecule is CN=C1C=CC=C2C1=Nc1nc(SC3=CNC4=CC=CN(O)C4=C3)nc(N3CC4C(C3)C4NC(=O)[C@@H](C)N)c12. The van der Waals surface area contributed by atoms with Crippen molar-refractivity contribution in [3.05, 3.63) is 70.7 Å². The molecule has 39 heavy (non-hydrogen) atoms. The number of allylic oxidation sites excluding steroid dienone is 7. The average Bonchev–Trinajstić information content (AvgIpc) is 3.25. The van der Waals surface area contributed by atoms with E-state index in [-0.39, 0.29) is 11.9 Å². The van der Waals surface area contributed by atoms with E-state index in [0.29, 0.717) is 28.5 Å². The van der Waals surface area contributed by atoms with Crippen molar-refractivity contribution < 1.29 is 10.0 Å². The van der Waals surface area contributed by atoms with Crippen LogP contribution in [0.15, 0.2) is 80.3 Å². The Kier molecular flexibility index (Phi) is 5.58. The van der Waals surface area contributed by atoms with Crippen molar-refractivity contribution in [2.24, 2.45) is 27.6 Å². The molecule has 11 nitrogen and oxygen atoms in total. The molecule has 0 radical (unpaired) electrons. The number of piperidine rings is 1. The summed E-state index contributed by atoms with van der Waals surface area (Å²) in [7, 11) is 1.76. The molecule has 1 amide bonds. The number of anilines is 1. The van der Waals surface area contributed by atoms with Crippen LogP contribution in [0.5, 0.6) is 0 Å². The summed E-state index contributed by atoms with van der Waals surface area (Å²) in [5.41, 5.74) is 10.7. The van der Waals surface area contributed by atoms with Gasteiger partial charge in [-0.25, -0.2) is 20.0 Å². The first kappa shape index (κ1) is 24.1. The smallest absolute Gasteiger partial charge is 0.236 e. The molecule has 2 fully saturated rings. The van der Waals surface area contributed by atoms with Crippen LogP contribution in [-0.2, 0) is 4.79 Å². The highest BCUT2D eigenvalue weighted by molar-refractivity contribution is 8.03. The molecule has 4 aliphatic heterocycles. The third kappa shape index (κ3) is 4.03. The van der Waals surface area contributed by atoms with Crippen LogP contribution < -0.4 is 21.3 Å². The fraction of sp³-hybridized carbons (Fsp3) is 0.296. The molecule has 5 N–H and O–H groups in total. The Morgan fingerprint density at radius 3 is 2.87 bits per heavy atom. The molecule has 0 spiro atoms. The molecule has 6 aliphatic rings. The Morgan fingerprint density at radius 2 is 2.10 bits per heavy atom. The predicted molar refractivity (Wildman–Crippen MR) is 150 cm³/mol. The van der Waals surface area contributed by atoms with Crippen LogP contribution in [0, 0.1) is 11.8 Å². The van der Waals surface area contributed by atoms with Crippen molar-refractivity contribution in [3.63, 3.8) is 0 Å². The van der Waals surface area contributed by atoms with Crippen LogP contribution in [0.4, 0.5) is 11.6 Å². The highest BCUT2D eigenvalue weighted by Crippen LogP contribution is 2.50. The number of hydrogen-bond donors (Lipinski definition) is 4. The van der Waals surface area contributed by atoms with Crippen molar-refractivity contribution >= 4 is 46.3 Å². The highest BCUT2D eigenvalue weighted by Gasteiger charge is 2.57. The number of amides is 1. The minimum Gasteiger partial charge on any atom is -0.359 e. The lowest BCUT2D eigenvalue weighted by Gasteiger charge is -2.26. The number of nitrogens with two attached hydrogens (primary N) is 1. The second-order valence-electron chi connectivity index (χ2n) is 10.2. The molecule has 7 rings (SSSR count). The third-order valence-electron chi connectivity index (χ3n) is 7.68. The molecule has 2 unspecified atom stereocenters. The summed E-state index contributed by atoms with van der Waals surface area (Å²) >= 11 is 1.40. The summed E-state index contributed by atoms with van der Waals surface area (Å²) in [6.45, 7) is 3.27. The molecule has 2 aliphatic carbocycles. The van der Waals surface area contributed by atoms with E-state index < -0.39 is 6.04 Å². The topological polar surface area (TPSA) is 144 Å². The molecule has 5 heterocycles. The number of nitrogens with one attached hydrogen (secondary N) is 2. The summed E-state index contributed by atoms with van der Waals surface area (Å²) in [5.74, 6) is 2.07. The number of carbonyl (C=O) groups excluding carboxylic acids is 1. The van der Waals surface area contributed by atoms with E-state index in [9.17, 15) is 10.0 Å². The molecular formula is C27H27N9O2S. The summed E-state index contributed by atoms with van der Waals surface area (Å²) < 4.78 is 0. The number of carbonyl (C=O) groups is 1. The first-order valence-electron chi connectivity index (χ1n) is 12.8. The van der Waals surface area contributed by atoms with E-state index in [1.54, 1.807) is 26.2 Å². The Morgan fingerprint density at radius 1 is 1.28 bits per heavy atom. The van der Waals surface area contributed by atoms with Crippen LogP contribution >= 0.6 is 11.8 Å². The van der Waals surface area contributed by atoms with E-state index in [2.05, 4.69) is 20.5 Å². The van der Waals surface area contributed by atoms with Crippen LogP contribution in [-0.4, -0.2) is 69.8 Å². The van der Waals surface area contributed by atoms with E-state index in [1.165, 1.54) is 11.8 Å². The minimum atomic E-state index is -0.518.